The molecule has 1 amide bonds. The summed E-state index contributed by atoms with van der Waals surface area (Å²) in [5, 5.41) is 5.95. The molecule has 0 unspecified atom stereocenters. The first kappa shape index (κ1) is 21.2. The van der Waals surface area contributed by atoms with Crippen molar-refractivity contribution in [1.82, 2.24) is 24.6 Å². The van der Waals surface area contributed by atoms with Gasteiger partial charge in [0.25, 0.3) is 0 Å². The Hall–Kier alpha value is -3.71. The number of ether oxygens (including phenoxy) is 1. The van der Waals surface area contributed by atoms with Gasteiger partial charge in [-0.3, -0.25) is 4.79 Å². The summed E-state index contributed by atoms with van der Waals surface area (Å²) >= 11 is 6.50. The number of carbonyl (C=O) groups excluding carboxylic acids is 1. The van der Waals surface area contributed by atoms with E-state index in [9.17, 15) is 4.79 Å². The molecule has 0 N–H and O–H groups in total. The summed E-state index contributed by atoms with van der Waals surface area (Å²) in [5.41, 5.74) is 2.24. The highest BCUT2D eigenvalue weighted by atomic mass is 35.5. The molecule has 0 radical (unpaired) electrons. The van der Waals surface area contributed by atoms with Crippen LogP contribution in [-0.4, -0.2) is 43.6 Å². The predicted molar refractivity (Wildman–Crippen MR) is 127 cm³/mol. The third kappa shape index (κ3) is 4.19. The van der Waals surface area contributed by atoms with Crippen LogP contribution in [0.2, 0.25) is 5.15 Å². The van der Waals surface area contributed by atoms with E-state index in [-0.39, 0.29) is 11.9 Å². The number of benzene rings is 2. The molecule has 0 aliphatic carbocycles. The number of aromatic nitrogens is 4. The van der Waals surface area contributed by atoms with E-state index in [1.807, 2.05) is 59.3 Å². The molecule has 7 nitrogen and oxygen atoms in total. The van der Waals surface area contributed by atoms with Crippen LogP contribution in [0, 0.1) is 0 Å². The summed E-state index contributed by atoms with van der Waals surface area (Å²) in [6.07, 6.45) is 4.57. The zero-order valence-corrected chi connectivity index (χ0v) is 18.7. The predicted octanol–water partition coefficient (Wildman–Crippen LogP) is 5.29. The van der Waals surface area contributed by atoms with Crippen LogP contribution in [0.1, 0.15) is 18.9 Å². The van der Waals surface area contributed by atoms with Crippen LogP contribution in [0.4, 0.5) is 0 Å². The number of likely N-dealkylation sites (tertiary alicyclic amines) is 1. The van der Waals surface area contributed by atoms with E-state index < -0.39 is 0 Å². The maximum absolute atomic E-state index is 12.2. The van der Waals surface area contributed by atoms with E-state index in [0.717, 1.165) is 29.9 Å². The van der Waals surface area contributed by atoms with Gasteiger partial charge in [0.2, 0.25) is 5.91 Å². The molecule has 8 heteroatoms. The lowest BCUT2D eigenvalue weighted by atomic mass is 10.1. The summed E-state index contributed by atoms with van der Waals surface area (Å²) in [6, 6.07) is 17.3. The van der Waals surface area contributed by atoms with Crippen molar-refractivity contribution >= 4 is 28.5 Å². The van der Waals surface area contributed by atoms with Crippen LogP contribution < -0.4 is 4.74 Å². The fourth-order valence-electron chi connectivity index (χ4n) is 4.18. The van der Waals surface area contributed by atoms with E-state index in [1.165, 1.54) is 12.4 Å². The Bertz CT molecular complexity index is 1300. The Labute approximate surface area is 196 Å². The van der Waals surface area contributed by atoms with Crippen molar-refractivity contribution in [1.29, 1.82) is 0 Å². The molecule has 0 saturated carbocycles. The molecule has 0 spiro atoms. The largest absolute Gasteiger partial charge is 0.457 e. The van der Waals surface area contributed by atoms with Gasteiger partial charge in [-0.1, -0.05) is 36.4 Å². The molecule has 1 saturated heterocycles. The SMILES string of the molecule is C=CC(=O)N1CCC[C@@H](n2nc(-c3ccc(Oc4ccccc4)cc3)c3c(Cl)ncnc32)C1. The highest BCUT2D eigenvalue weighted by Gasteiger charge is 2.28. The Balaban J connectivity index is 1.50. The van der Waals surface area contributed by atoms with Gasteiger partial charge in [-0.15, -0.1) is 0 Å². The fraction of sp³-hybridized carbons (Fsp3) is 0.200. The van der Waals surface area contributed by atoms with Crippen LogP contribution in [0.5, 0.6) is 11.5 Å². The number of fused-ring (bicyclic) bond motifs is 1. The standard InChI is InChI=1S/C25H22ClN5O2/c1-2-21(32)30-14-6-7-18(15-30)31-25-22(24(26)27-16-28-25)23(29-31)17-10-12-20(13-11-17)33-19-8-4-3-5-9-19/h2-5,8-13,16,18H,1,6-7,14-15H2/t18-/m1/s1. The quantitative estimate of drug-likeness (QED) is 0.299. The second-order valence-electron chi connectivity index (χ2n) is 7.88. The van der Waals surface area contributed by atoms with Crippen molar-refractivity contribution in [2.24, 2.45) is 0 Å². The Kier molecular flexibility index (Phi) is 5.79. The Morgan fingerprint density at radius 3 is 2.61 bits per heavy atom. The van der Waals surface area contributed by atoms with E-state index >= 15 is 0 Å². The van der Waals surface area contributed by atoms with Gasteiger partial charge >= 0.3 is 0 Å². The Morgan fingerprint density at radius 2 is 1.85 bits per heavy atom. The number of piperidine rings is 1. The van der Waals surface area contributed by atoms with Crippen molar-refractivity contribution in [3.05, 3.63) is 78.7 Å². The molecule has 2 aromatic heterocycles. The number of rotatable bonds is 5. The molecule has 0 bridgehead atoms. The van der Waals surface area contributed by atoms with Gasteiger partial charge in [-0.2, -0.15) is 5.10 Å². The minimum absolute atomic E-state index is 0.00875. The van der Waals surface area contributed by atoms with Crippen molar-refractivity contribution < 1.29 is 9.53 Å². The van der Waals surface area contributed by atoms with Crippen molar-refractivity contribution in [2.45, 2.75) is 18.9 Å². The summed E-state index contributed by atoms with van der Waals surface area (Å²) in [7, 11) is 0. The summed E-state index contributed by atoms with van der Waals surface area (Å²) in [5.74, 6) is 1.42. The molecule has 166 valence electrons. The molecule has 4 aromatic rings. The molecular formula is C25H22ClN5O2. The van der Waals surface area contributed by atoms with Crippen LogP contribution in [0.25, 0.3) is 22.3 Å². The molecule has 2 aromatic carbocycles. The zero-order chi connectivity index (χ0) is 22.8. The van der Waals surface area contributed by atoms with Gasteiger partial charge in [-0.25, -0.2) is 14.6 Å². The first-order chi connectivity index (χ1) is 16.1. The van der Waals surface area contributed by atoms with Crippen molar-refractivity contribution in [3.63, 3.8) is 0 Å². The molecule has 1 aliphatic rings. The topological polar surface area (TPSA) is 73.1 Å². The molecule has 3 heterocycles. The first-order valence-electron chi connectivity index (χ1n) is 10.8. The Morgan fingerprint density at radius 1 is 1.09 bits per heavy atom. The van der Waals surface area contributed by atoms with Crippen LogP contribution >= 0.6 is 11.6 Å². The minimum Gasteiger partial charge on any atom is -0.457 e. The van der Waals surface area contributed by atoms with Crippen LogP contribution in [0.3, 0.4) is 0 Å². The molecular weight excluding hydrogens is 438 g/mol. The number of halogens is 1. The fourth-order valence-corrected chi connectivity index (χ4v) is 4.40. The lowest BCUT2D eigenvalue weighted by molar-refractivity contribution is -0.127. The smallest absolute Gasteiger partial charge is 0.246 e. The maximum Gasteiger partial charge on any atom is 0.246 e. The lowest BCUT2D eigenvalue weighted by Crippen LogP contribution is -2.40. The van der Waals surface area contributed by atoms with Crippen LogP contribution in [-0.2, 0) is 4.79 Å². The average Bonchev–Trinajstić information content (AvgIpc) is 3.26. The number of hydrogen-bond acceptors (Lipinski definition) is 5. The summed E-state index contributed by atoms with van der Waals surface area (Å²) in [4.78, 5) is 22.6. The average molecular weight is 460 g/mol. The second kappa shape index (κ2) is 9.03. The number of para-hydroxylation sites is 1. The van der Waals surface area contributed by atoms with Gasteiger partial charge < -0.3 is 9.64 Å². The number of hydrogen-bond donors (Lipinski definition) is 0. The van der Waals surface area contributed by atoms with E-state index in [1.54, 1.807) is 4.90 Å². The van der Waals surface area contributed by atoms with E-state index in [4.69, 9.17) is 21.4 Å². The number of carbonyl (C=O) groups is 1. The third-order valence-electron chi connectivity index (χ3n) is 5.78. The summed E-state index contributed by atoms with van der Waals surface area (Å²) < 4.78 is 7.79. The number of amides is 1. The van der Waals surface area contributed by atoms with Gasteiger partial charge in [0, 0.05) is 18.7 Å². The first-order valence-corrected chi connectivity index (χ1v) is 11.1. The second-order valence-corrected chi connectivity index (χ2v) is 8.24. The van der Waals surface area contributed by atoms with Crippen molar-refractivity contribution in [3.8, 4) is 22.8 Å². The molecule has 5 rings (SSSR count). The number of nitrogens with zero attached hydrogens (tertiary/aromatic N) is 5. The zero-order valence-electron chi connectivity index (χ0n) is 17.9. The lowest BCUT2D eigenvalue weighted by Gasteiger charge is -2.32. The van der Waals surface area contributed by atoms with Gasteiger partial charge in [0.05, 0.1) is 11.4 Å². The van der Waals surface area contributed by atoms with E-state index in [0.29, 0.717) is 35.0 Å². The summed E-state index contributed by atoms with van der Waals surface area (Å²) in [6.45, 7) is 4.87. The molecule has 33 heavy (non-hydrogen) atoms. The van der Waals surface area contributed by atoms with Gasteiger partial charge in [-0.05, 0) is 55.3 Å². The van der Waals surface area contributed by atoms with Crippen molar-refractivity contribution in [2.75, 3.05) is 13.1 Å². The highest BCUT2D eigenvalue weighted by molar-refractivity contribution is 6.35. The molecule has 1 aliphatic heterocycles. The van der Waals surface area contributed by atoms with Gasteiger partial charge in [0.15, 0.2) is 5.65 Å². The minimum atomic E-state index is -0.0713. The normalized spacial score (nSPS) is 16.0. The third-order valence-corrected chi connectivity index (χ3v) is 6.06. The molecule has 1 atom stereocenters. The maximum atomic E-state index is 12.2. The van der Waals surface area contributed by atoms with Crippen LogP contribution in [0.15, 0.2) is 73.6 Å². The monoisotopic (exact) mass is 459 g/mol. The highest BCUT2D eigenvalue weighted by Crippen LogP contribution is 2.35. The molecule has 1 fully saturated rings. The van der Waals surface area contributed by atoms with E-state index in [2.05, 4.69) is 16.5 Å². The van der Waals surface area contributed by atoms with Gasteiger partial charge in [0.1, 0.15) is 28.7 Å².